The predicted octanol–water partition coefficient (Wildman–Crippen LogP) is 4.68. The molecule has 1 unspecified atom stereocenters. The number of aromatic nitrogens is 3. The summed E-state index contributed by atoms with van der Waals surface area (Å²) in [4.78, 5) is 7.94. The van der Waals surface area contributed by atoms with Crippen LogP contribution < -0.4 is 4.74 Å². The van der Waals surface area contributed by atoms with Crippen LogP contribution in [-0.4, -0.2) is 31.2 Å². The van der Waals surface area contributed by atoms with Crippen molar-refractivity contribution in [2.24, 2.45) is 7.05 Å². The van der Waals surface area contributed by atoms with E-state index in [-0.39, 0.29) is 33.2 Å². The number of hydrogen-bond acceptors (Lipinski definition) is 4. The first kappa shape index (κ1) is 21.2. The molecule has 0 saturated heterocycles. The van der Waals surface area contributed by atoms with Crippen LogP contribution in [-0.2, 0) is 24.4 Å². The van der Waals surface area contributed by atoms with Crippen molar-refractivity contribution in [3.05, 3.63) is 36.0 Å². The Morgan fingerprint density at radius 1 is 1.14 bits per heavy atom. The summed E-state index contributed by atoms with van der Waals surface area (Å²) in [5, 5.41) is 0. The lowest BCUT2D eigenvalue weighted by Gasteiger charge is -2.15. The molecule has 0 fully saturated rings. The van der Waals surface area contributed by atoms with E-state index in [9.17, 15) is 30.9 Å². The van der Waals surface area contributed by atoms with Gasteiger partial charge in [-0.2, -0.15) is 13.2 Å². The van der Waals surface area contributed by atoms with Crippen molar-refractivity contribution in [1.29, 1.82) is 0 Å². The molecule has 0 spiro atoms. The lowest BCUT2D eigenvalue weighted by Crippen LogP contribution is -2.17. The number of halogens is 6. The zero-order valence-electron chi connectivity index (χ0n) is 14.9. The normalized spacial score (nSPS) is 13.7. The fourth-order valence-corrected chi connectivity index (χ4v) is 3.66. The largest absolute Gasteiger partial charge is 0.611 e. The number of alkyl halides is 6. The maximum Gasteiger partial charge on any atom is 0.573 e. The van der Waals surface area contributed by atoms with Crippen LogP contribution in [0.2, 0.25) is 0 Å². The third kappa shape index (κ3) is 4.42. The molecule has 2 aromatic heterocycles. The van der Waals surface area contributed by atoms with E-state index in [1.54, 1.807) is 6.92 Å². The first-order chi connectivity index (χ1) is 13.4. The zero-order valence-corrected chi connectivity index (χ0v) is 15.7. The van der Waals surface area contributed by atoms with Gasteiger partial charge in [0, 0.05) is 19.3 Å². The number of benzene rings is 1. The van der Waals surface area contributed by atoms with E-state index in [0.717, 1.165) is 18.2 Å². The van der Waals surface area contributed by atoms with E-state index in [4.69, 9.17) is 0 Å². The number of hydrogen-bond donors (Lipinski definition) is 0. The standard InChI is InChI=1S/C17H13F6N3O2S/c1-3-29(27)13-7-10(28-17(21,22)23)4-5-11(13)14-25-12-6-9(16(18,19)20)8-24-15(12)26(14)2/h4-8H,3H2,1-2H3. The van der Waals surface area contributed by atoms with E-state index in [1.165, 1.54) is 17.7 Å². The molecular weight excluding hydrogens is 424 g/mol. The molecule has 29 heavy (non-hydrogen) atoms. The molecule has 5 nitrogen and oxygen atoms in total. The third-order valence-corrected chi connectivity index (χ3v) is 5.32. The molecular formula is C17H13F6N3O2S. The van der Waals surface area contributed by atoms with Gasteiger partial charge in [0.2, 0.25) is 0 Å². The average molecular weight is 437 g/mol. The average Bonchev–Trinajstić information content (AvgIpc) is 2.95. The van der Waals surface area contributed by atoms with E-state index in [0.29, 0.717) is 6.20 Å². The van der Waals surface area contributed by atoms with Gasteiger partial charge in [-0.05, 0) is 36.3 Å². The van der Waals surface area contributed by atoms with Gasteiger partial charge in [0.15, 0.2) is 10.5 Å². The number of rotatable bonds is 4. The van der Waals surface area contributed by atoms with Crippen LogP contribution in [0.1, 0.15) is 12.5 Å². The quantitative estimate of drug-likeness (QED) is 0.439. The minimum Gasteiger partial charge on any atom is -0.611 e. The summed E-state index contributed by atoms with van der Waals surface area (Å²) < 4.78 is 93.9. The molecule has 0 aliphatic rings. The summed E-state index contributed by atoms with van der Waals surface area (Å²) in [5.41, 5.74) is -0.701. The molecule has 12 heteroatoms. The Hall–Kier alpha value is -2.47. The summed E-state index contributed by atoms with van der Waals surface area (Å²) in [7, 11) is 1.49. The highest BCUT2D eigenvalue weighted by atomic mass is 32.2. The smallest absolute Gasteiger partial charge is 0.573 e. The SMILES string of the molecule is CC[S+]([O-])c1cc(OC(F)(F)F)ccc1-c1nc2cc(C(F)(F)F)cnc2n1C. The van der Waals surface area contributed by atoms with Gasteiger partial charge in [0.1, 0.15) is 22.8 Å². The molecule has 0 saturated carbocycles. The summed E-state index contributed by atoms with van der Waals surface area (Å²) in [6, 6.07) is 4.06. The second-order valence-electron chi connectivity index (χ2n) is 5.90. The van der Waals surface area contributed by atoms with Crippen LogP contribution in [0.5, 0.6) is 5.75 Å². The lowest BCUT2D eigenvalue weighted by atomic mass is 10.2. The molecule has 1 atom stereocenters. The highest BCUT2D eigenvalue weighted by Gasteiger charge is 2.33. The second kappa shape index (κ2) is 7.41. The van der Waals surface area contributed by atoms with Crippen LogP contribution in [0.3, 0.4) is 0 Å². The molecule has 0 aliphatic heterocycles. The molecule has 0 N–H and O–H groups in total. The molecule has 0 radical (unpaired) electrons. The Labute approximate surface area is 163 Å². The summed E-state index contributed by atoms with van der Waals surface area (Å²) >= 11 is -1.69. The van der Waals surface area contributed by atoms with E-state index >= 15 is 0 Å². The Kier molecular flexibility index (Phi) is 5.43. The van der Waals surface area contributed by atoms with Crippen LogP contribution in [0.4, 0.5) is 26.3 Å². The van der Waals surface area contributed by atoms with Crippen LogP contribution in [0.15, 0.2) is 35.4 Å². The molecule has 1 aromatic carbocycles. The highest BCUT2D eigenvalue weighted by Crippen LogP contribution is 2.35. The minimum atomic E-state index is -4.93. The first-order valence-corrected chi connectivity index (χ1v) is 9.41. The van der Waals surface area contributed by atoms with Gasteiger partial charge in [-0.3, -0.25) is 0 Å². The third-order valence-electron chi connectivity index (χ3n) is 3.97. The van der Waals surface area contributed by atoms with Crippen molar-refractivity contribution in [3.8, 4) is 17.1 Å². The van der Waals surface area contributed by atoms with Gasteiger partial charge >= 0.3 is 12.5 Å². The Bertz CT molecular complexity index is 1050. The number of pyridine rings is 1. The number of aryl methyl sites for hydroxylation is 1. The topological polar surface area (TPSA) is 63.0 Å². The lowest BCUT2D eigenvalue weighted by molar-refractivity contribution is -0.274. The Morgan fingerprint density at radius 3 is 2.41 bits per heavy atom. The van der Waals surface area contributed by atoms with E-state index < -0.39 is 35.0 Å². The summed E-state index contributed by atoms with van der Waals surface area (Å²) in [5.74, 6) is -0.348. The van der Waals surface area contributed by atoms with Gasteiger partial charge in [-0.25, -0.2) is 9.97 Å². The van der Waals surface area contributed by atoms with Gasteiger partial charge in [0.25, 0.3) is 0 Å². The Morgan fingerprint density at radius 2 is 1.83 bits per heavy atom. The second-order valence-corrected chi connectivity index (χ2v) is 7.61. The molecule has 3 rings (SSSR count). The van der Waals surface area contributed by atoms with Gasteiger partial charge in [-0.15, -0.1) is 13.2 Å². The van der Waals surface area contributed by atoms with Crippen LogP contribution >= 0.6 is 0 Å². The molecule has 3 aromatic rings. The number of ether oxygens (including phenoxy) is 1. The summed E-state index contributed by atoms with van der Waals surface area (Å²) in [6.07, 6.45) is -8.87. The predicted molar refractivity (Wildman–Crippen MR) is 92.6 cm³/mol. The Balaban J connectivity index is 2.16. The summed E-state index contributed by atoms with van der Waals surface area (Å²) in [6.45, 7) is 1.57. The van der Waals surface area contributed by atoms with E-state index in [1.807, 2.05) is 0 Å². The fourth-order valence-electron chi connectivity index (χ4n) is 2.70. The maximum atomic E-state index is 12.9. The molecule has 2 heterocycles. The monoisotopic (exact) mass is 437 g/mol. The van der Waals surface area contributed by atoms with Gasteiger partial charge in [-0.1, -0.05) is 0 Å². The van der Waals surface area contributed by atoms with E-state index in [2.05, 4.69) is 14.7 Å². The maximum absolute atomic E-state index is 12.9. The number of fused-ring (bicyclic) bond motifs is 1. The minimum absolute atomic E-state index is 0.0173. The molecule has 0 aliphatic carbocycles. The van der Waals surface area contributed by atoms with Crippen molar-refractivity contribution >= 4 is 22.3 Å². The van der Waals surface area contributed by atoms with Gasteiger partial charge in [0.05, 0.1) is 11.1 Å². The highest BCUT2D eigenvalue weighted by molar-refractivity contribution is 7.91. The van der Waals surface area contributed by atoms with Crippen molar-refractivity contribution < 1.29 is 35.6 Å². The van der Waals surface area contributed by atoms with Crippen LogP contribution in [0.25, 0.3) is 22.6 Å². The van der Waals surface area contributed by atoms with Crippen molar-refractivity contribution in [2.45, 2.75) is 24.4 Å². The van der Waals surface area contributed by atoms with Gasteiger partial charge < -0.3 is 13.9 Å². The molecule has 0 amide bonds. The van der Waals surface area contributed by atoms with Crippen LogP contribution in [0, 0.1) is 0 Å². The fraction of sp³-hybridized carbons (Fsp3) is 0.294. The first-order valence-electron chi connectivity index (χ1n) is 8.09. The molecule has 156 valence electrons. The number of imidazole rings is 1. The van der Waals surface area contributed by atoms with Crippen molar-refractivity contribution in [3.63, 3.8) is 0 Å². The number of nitrogens with zero attached hydrogens (tertiary/aromatic N) is 3. The van der Waals surface area contributed by atoms with Crippen molar-refractivity contribution in [1.82, 2.24) is 14.5 Å². The molecule has 0 bridgehead atoms. The van der Waals surface area contributed by atoms with Crippen molar-refractivity contribution in [2.75, 3.05) is 5.75 Å². The zero-order chi connectivity index (χ0) is 21.6.